The topological polar surface area (TPSA) is 24.8 Å². The normalized spacial score (nSPS) is 12.2. The zero-order valence-electron chi connectivity index (χ0n) is 18.3. The van der Waals surface area contributed by atoms with E-state index >= 15 is 0 Å². The van der Waals surface area contributed by atoms with Crippen molar-refractivity contribution >= 4 is 28.0 Å². The average molecular weight is 437 g/mol. The molecule has 3 nitrogen and oxygen atoms in total. The van der Waals surface area contributed by atoms with Crippen molar-refractivity contribution in [3.05, 3.63) is 127 Å². The van der Waals surface area contributed by atoms with E-state index in [0.717, 1.165) is 44.4 Å². The lowest BCUT2D eigenvalue weighted by atomic mass is 9.93. The van der Waals surface area contributed by atoms with Crippen LogP contribution in [0, 0.1) is 0 Å². The van der Waals surface area contributed by atoms with Gasteiger partial charge in [-0.1, -0.05) is 66.7 Å². The summed E-state index contributed by atoms with van der Waals surface area (Å²) in [5.74, 6) is 0.0158. The molecule has 158 valence electrons. The molecular formula is C31H20N2O+2. The lowest BCUT2D eigenvalue weighted by Crippen LogP contribution is -2.51. The molecule has 3 heteroatoms. The van der Waals surface area contributed by atoms with Crippen LogP contribution < -0.4 is 9.13 Å². The Hall–Kier alpha value is -4.63. The molecule has 34 heavy (non-hydrogen) atoms. The van der Waals surface area contributed by atoms with Gasteiger partial charge in [0, 0.05) is 35.9 Å². The van der Waals surface area contributed by atoms with Gasteiger partial charge in [-0.15, -0.1) is 9.13 Å². The van der Waals surface area contributed by atoms with Crippen LogP contribution in [0.5, 0.6) is 0 Å². The van der Waals surface area contributed by atoms with Gasteiger partial charge in [0.25, 0.3) is 22.1 Å². The van der Waals surface area contributed by atoms with Crippen molar-refractivity contribution in [1.29, 1.82) is 0 Å². The Morgan fingerprint density at radius 1 is 0.412 bits per heavy atom. The molecule has 1 aliphatic rings. The van der Waals surface area contributed by atoms with Crippen molar-refractivity contribution in [2.24, 2.45) is 0 Å². The summed E-state index contributed by atoms with van der Waals surface area (Å²) in [6.45, 7) is 0. The van der Waals surface area contributed by atoms with Crippen molar-refractivity contribution in [3.8, 4) is 27.9 Å². The second-order valence-corrected chi connectivity index (χ2v) is 8.60. The molecule has 6 aromatic rings. The maximum Gasteiger partial charge on any atom is 0.426 e. The Labute approximate surface area is 196 Å². The van der Waals surface area contributed by atoms with Gasteiger partial charge in [-0.05, 0) is 35.4 Å². The highest BCUT2D eigenvalue weighted by molar-refractivity contribution is 6.06. The molecule has 0 amide bonds. The molecule has 2 heterocycles. The van der Waals surface area contributed by atoms with Gasteiger partial charge in [-0.25, -0.2) is 4.79 Å². The predicted octanol–water partition coefficient (Wildman–Crippen LogP) is 5.89. The Kier molecular flexibility index (Phi) is 4.00. The number of para-hydroxylation sites is 3. The fourth-order valence-electron chi connectivity index (χ4n) is 5.20. The monoisotopic (exact) mass is 436 g/mol. The van der Waals surface area contributed by atoms with E-state index in [-0.39, 0.29) is 5.91 Å². The molecular weight excluding hydrogens is 416 g/mol. The molecule has 1 aromatic heterocycles. The second kappa shape index (κ2) is 7.19. The minimum Gasteiger partial charge on any atom is -0.214 e. The maximum absolute atomic E-state index is 13.7. The summed E-state index contributed by atoms with van der Waals surface area (Å²) < 4.78 is 4.15. The SMILES string of the molecule is O=C1c2ccccc2-c2cccc3c2[n+]1c1ccccc1[n+]3-c1ccc(-c2ccccc2)cc1. The molecule has 0 unspecified atom stereocenters. The number of carbonyl (C=O) groups is 1. The standard InChI is InChI=1S/C31H20N2O/c34-31-26-12-5-4-11-24(26)25-13-8-16-29-30(25)33(31)28-15-7-6-14-27(28)32(29)23-19-17-22(18-20-23)21-9-2-1-3-10-21/h1-20H/q+2. The number of carbonyl (C=O) groups excluding carboxylic acids is 1. The van der Waals surface area contributed by atoms with Gasteiger partial charge in [-0.2, -0.15) is 0 Å². The van der Waals surface area contributed by atoms with E-state index in [9.17, 15) is 4.79 Å². The van der Waals surface area contributed by atoms with E-state index in [0.29, 0.717) is 0 Å². The Morgan fingerprint density at radius 2 is 0.971 bits per heavy atom. The zero-order valence-corrected chi connectivity index (χ0v) is 18.3. The molecule has 0 bridgehead atoms. The molecule has 0 spiro atoms. The third-order valence-electron chi connectivity index (χ3n) is 6.73. The van der Waals surface area contributed by atoms with Crippen LogP contribution in [0.1, 0.15) is 10.4 Å². The Morgan fingerprint density at radius 3 is 1.74 bits per heavy atom. The summed E-state index contributed by atoms with van der Waals surface area (Å²) in [4.78, 5) is 13.7. The first-order chi connectivity index (χ1) is 16.8. The molecule has 1 aliphatic heterocycles. The van der Waals surface area contributed by atoms with Crippen molar-refractivity contribution in [2.75, 3.05) is 0 Å². The van der Waals surface area contributed by atoms with E-state index in [1.807, 2.05) is 53.1 Å². The van der Waals surface area contributed by atoms with Gasteiger partial charge in [0.1, 0.15) is 0 Å². The highest BCUT2D eigenvalue weighted by Gasteiger charge is 2.40. The van der Waals surface area contributed by atoms with Gasteiger partial charge in [0.05, 0.1) is 11.1 Å². The highest BCUT2D eigenvalue weighted by Crippen LogP contribution is 2.33. The largest absolute Gasteiger partial charge is 0.426 e. The minimum absolute atomic E-state index is 0.0158. The molecule has 0 saturated heterocycles. The molecule has 0 fully saturated rings. The number of rotatable bonds is 2. The number of fused-ring (bicyclic) bond motifs is 4. The third kappa shape index (κ3) is 2.61. The van der Waals surface area contributed by atoms with Gasteiger partial charge < -0.3 is 0 Å². The van der Waals surface area contributed by atoms with Crippen LogP contribution in [-0.2, 0) is 0 Å². The van der Waals surface area contributed by atoms with Crippen molar-refractivity contribution in [2.45, 2.75) is 0 Å². The summed E-state index contributed by atoms with van der Waals surface area (Å²) in [7, 11) is 0. The summed E-state index contributed by atoms with van der Waals surface area (Å²) in [5, 5.41) is 0. The van der Waals surface area contributed by atoms with Crippen LogP contribution in [0.25, 0.3) is 50.0 Å². The number of hydrogen-bond donors (Lipinski definition) is 0. The first-order valence-electron chi connectivity index (χ1n) is 11.4. The van der Waals surface area contributed by atoms with Crippen LogP contribution in [0.15, 0.2) is 121 Å². The predicted molar refractivity (Wildman–Crippen MR) is 134 cm³/mol. The summed E-state index contributed by atoms with van der Waals surface area (Å²) >= 11 is 0. The Balaban J connectivity index is 1.57. The van der Waals surface area contributed by atoms with Crippen LogP contribution >= 0.6 is 0 Å². The molecule has 0 atom stereocenters. The highest BCUT2D eigenvalue weighted by atomic mass is 16.2. The van der Waals surface area contributed by atoms with E-state index < -0.39 is 0 Å². The number of hydrogen-bond acceptors (Lipinski definition) is 1. The van der Waals surface area contributed by atoms with Gasteiger partial charge in [-0.3, -0.25) is 0 Å². The van der Waals surface area contributed by atoms with Gasteiger partial charge in [0.2, 0.25) is 5.69 Å². The fraction of sp³-hybridized carbons (Fsp3) is 0. The van der Waals surface area contributed by atoms with Crippen LogP contribution in [0.3, 0.4) is 0 Å². The Bertz CT molecular complexity index is 1750. The van der Waals surface area contributed by atoms with Crippen LogP contribution in [0.2, 0.25) is 0 Å². The van der Waals surface area contributed by atoms with Crippen molar-refractivity contribution in [1.82, 2.24) is 0 Å². The first kappa shape index (κ1) is 18.9. The van der Waals surface area contributed by atoms with Gasteiger partial charge >= 0.3 is 5.91 Å². The minimum atomic E-state index is 0.0158. The smallest absolute Gasteiger partial charge is 0.214 e. The van der Waals surface area contributed by atoms with Crippen molar-refractivity contribution in [3.63, 3.8) is 0 Å². The quantitative estimate of drug-likeness (QED) is 0.245. The van der Waals surface area contributed by atoms with Gasteiger partial charge in [0.15, 0.2) is 0 Å². The van der Waals surface area contributed by atoms with Crippen LogP contribution in [-0.4, -0.2) is 5.91 Å². The number of benzene rings is 5. The summed E-state index contributed by atoms with van der Waals surface area (Å²) in [5.41, 5.74) is 10.1. The lowest BCUT2D eigenvalue weighted by molar-refractivity contribution is -0.570. The maximum atomic E-state index is 13.7. The lowest BCUT2D eigenvalue weighted by Gasteiger charge is -2.14. The number of aromatic nitrogens is 2. The summed E-state index contributed by atoms with van der Waals surface area (Å²) in [6.07, 6.45) is 0. The molecule has 0 aliphatic carbocycles. The molecule has 0 radical (unpaired) electrons. The third-order valence-corrected chi connectivity index (χ3v) is 6.73. The number of nitrogens with zero attached hydrogens (tertiary/aromatic N) is 2. The second-order valence-electron chi connectivity index (χ2n) is 8.60. The van der Waals surface area contributed by atoms with E-state index in [1.165, 1.54) is 11.1 Å². The van der Waals surface area contributed by atoms with Crippen LogP contribution in [0.4, 0.5) is 0 Å². The molecule has 0 N–H and O–H groups in total. The van der Waals surface area contributed by atoms with Crippen molar-refractivity contribution < 1.29 is 13.9 Å². The molecule has 5 aromatic carbocycles. The zero-order chi connectivity index (χ0) is 22.6. The van der Waals surface area contributed by atoms with E-state index in [1.54, 1.807) is 0 Å². The fourth-order valence-corrected chi connectivity index (χ4v) is 5.20. The van der Waals surface area contributed by atoms with E-state index in [2.05, 4.69) is 77.4 Å². The molecule has 0 saturated carbocycles. The molecule has 7 rings (SSSR count). The first-order valence-corrected chi connectivity index (χ1v) is 11.4. The summed E-state index contributed by atoms with van der Waals surface area (Å²) in [6, 6.07) is 41.4. The van der Waals surface area contributed by atoms with E-state index in [4.69, 9.17) is 0 Å². The average Bonchev–Trinajstić information content (AvgIpc) is 2.91.